The van der Waals surface area contributed by atoms with E-state index in [0.717, 1.165) is 5.56 Å². The summed E-state index contributed by atoms with van der Waals surface area (Å²) in [5, 5.41) is 10.1. The largest absolute Gasteiger partial charge is 0.508 e. The molecule has 0 heterocycles. The highest BCUT2D eigenvalue weighted by molar-refractivity contribution is 5.94. The van der Waals surface area contributed by atoms with Crippen molar-refractivity contribution in [1.82, 2.24) is 0 Å². The van der Waals surface area contributed by atoms with Crippen LogP contribution in [0.25, 0.3) is 0 Å². The molecule has 0 unspecified atom stereocenters. The molecule has 3 aromatic rings. The standard InChI is InChI=1S/C23H23NO4/c1-17-7-3-6-10-22(17)28-16-23(26)24(15-18-8-4-5-9-21(18)25)19-11-13-20(27-2)14-12-19/h3-14,25H,15-16H2,1-2H3. The van der Waals surface area contributed by atoms with Gasteiger partial charge in [-0.25, -0.2) is 0 Å². The van der Waals surface area contributed by atoms with Gasteiger partial charge in [-0.1, -0.05) is 36.4 Å². The Bertz CT molecular complexity index is 937. The highest BCUT2D eigenvalue weighted by atomic mass is 16.5. The van der Waals surface area contributed by atoms with Gasteiger partial charge in [0.1, 0.15) is 17.2 Å². The average Bonchev–Trinajstić information content (AvgIpc) is 2.72. The Kier molecular flexibility index (Phi) is 6.17. The number of aromatic hydroxyl groups is 1. The normalized spacial score (nSPS) is 10.4. The number of aryl methyl sites for hydroxylation is 1. The minimum Gasteiger partial charge on any atom is -0.508 e. The molecule has 144 valence electrons. The van der Waals surface area contributed by atoms with Crippen molar-refractivity contribution in [2.24, 2.45) is 0 Å². The summed E-state index contributed by atoms with van der Waals surface area (Å²) in [6, 6.07) is 21.8. The molecule has 0 aliphatic carbocycles. The van der Waals surface area contributed by atoms with Crippen LogP contribution >= 0.6 is 0 Å². The number of carbonyl (C=O) groups excluding carboxylic acids is 1. The van der Waals surface area contributed by atoms with Crippen LogP contribution in [0.3, 0.4) is 0 Å². The van der Waals surface area contributed by atoms with E-state index in [1.807, 2.05) is 49.4 Å². The molecule has 0 atom stereocenters. The van der Waals surface area contributed by atoms with Crippen LogP contribution in [0.5, 0.6) is 17.2 Å². The third-order valence-corrected chi connectivity index (χ3v) is 4.45. The van der Waals surface area contributed by atoms with Gasteiger partial charge < -0.3 is 19.5 Å². The van der Waals surface area contributed by atoms with Gasteiger partial charge in [-0.2, -0.15) is 0 Å². The van der Waals surface area contributed by atoms with Gasteiger partial charge in [0.2, 0.25) is 0 Å². The van der Waals surface area contributed by atoms with Gasteiger partial charge in [0.05, 0.1) is 13.7 Å². The van der Waals surface area contributed by atoms with Crippen molar-refractivity contribution in [2.75, 3.05) is 18.6 Å². The summed E-state index contributed by atoms with van der Waals surface area (Å²) in [5.74, 6) is 1.31. The summed E-state index contributed by atoms with van der Waals surface area (Å²) in [7, 11) is 1.59. The van der Waals surface area contributed by atoms with Crippen molar-refractivity contribution in [2.45, 2.75) is 13.5 Å². The Labute approximate surface area is 164 Å². The maximum absolute atomic E-state index is 13.0. The lowest BCUT2D eigenvalue weighted by atomic mass is 10.1. The van der Waals surface area contributed by atoms with Gasteiger partial charge in [-0.05, 0) is 48.9 Å². The van der Waals surface area contributed by atoms with Crippen molar-refractivity contribution in [3.05, 3.63) is 83.9 Å². The SMILES string of the molecule is COc1ccc(N(Cc2ccccc2O)C(=O)COc2ccccc2C)cc1. The van der Waals surface area contributed by atoms with Gasteiger partial charge >= 0.3 is 0 Å². The van der Waals surface area contributed by atoms with Crippen LogP contribution in [0.4, 0.5) is 5.69 Å². The van der Waals surface area contributed by atoms with Gasteiger partial charge in [0.25, 0.3) is 5.91 Å². The summed E-state index contributed by atoms with van der Waals surface area (Å²) in [5.41, 5.74) is 2.32. The molecule has 3 rings (SSSR count). The lowest BCUT2D eigenvalue weighted by Gasteiger charge is -2.24. The third-order valence-electron chi connectivity index (χ3n) is 4.45. The Morgan fingerprint density at radius 2 is 1.64 bits per heavy atom. The van der Waals surface area contributed by atoms with Crippen LogP contribution in [0.15, 0.2) is 72.8 Å². The van der Waals surface area contributed by atoms with Crippen molar-refractivity contribution in [1.29, 1.82) is 0 Å². The monoisotopic (exact) mass is 377 g/mol. The predicted molar refractivity (Wildman–Crippen MR) is 109 cm³/mol. The number of anilines is 1. The van der Waals surface area contributed by atoms with E-state index in [1.54, 1.807) is 42.3 Å². The summed E-state index contributed by atoms with van der Waals surface area (Å²) < 4.78 is 10.9. The number of hydrogen-bond acceptors (Lipinski definition) is 4. The Morgan fingerprint density at radius 3 is 2.32 bits per heavy atom. The molecule has 5 nitrogen and oxygen atoms in total. The second-order valence-corrected chi connectivity index (χ2v) is 6.36. The lowest BCUT2D eigenvalue weighted by molar-refractivity contribution is -0.120. The number of para-hydroxylation sites is 2. The molecule has 0 spiro atoms. The Morgan fingerprint density at radius 1 is 0.964 bits per heavy atom. The average molecular weight is 377 g/mol. The van der Waals surface area contributed by atoms with Crippen LogP contribution in [0.2, 0.25) is 0 Å². The van der Waals surface area contributed by atoms with Gasteiger partial charge in [-0.15, -0.1) is 0 Å². The smallest absolute Gasteiger partial charge is 0.265 e. The number of amides is 1. The molecule has 0 bridgehead atoms. The van der Waals surface area contributed by atoms with Crippen LogP contribution < -0.4 is 14.4 Å². The number of hydrogen-bond donors (Lipinski definition) is 1. The fraction of sp³-hybridized carbons (Fsp3) is 0.174. The first-order valence-electron chi connectivity index (χ1n) is 8.98. The number of ether oxygens (including phenoxy) is 2. The maximum atomic E-state index is 13.0. The highest BCUT2D eigenvalue weighted by Crippen LogP contribution is 2.25. The van der Waals surface area contributed by atoms with E-state index in [0.29, 0.717) is 22.7 Å². The topological polar surface area (TPSA) is 59.0 Å². The molecule has 5 heteroatoms. The lowest BCUT2D eigenvalue weighted by Crippen LogP contribution is -2.34. The van der Waals surface area contributed by atoms with Crippen LogP contribution in [-0.4, -0.2) is 24.7 Å². The minimum absolute atomic E-state index is 0.107. The summed E-state index contributed by atoms with van der Waals surface area (Å²) in [6.07, 6.45) is 0. The summed E-state index contributed by atoms with van der Waals surface area (Å²) in [4.78, 5) is 14.6. The minimum atomic E-state index is -0.211. The first kappa shape index (κ1) is 19.3. The second kappa shape index (κ2) is 8.95. The van der Waals surface area contributed by atoms with Crippen molar-refractivity contribution in [3.63, 3.8) is 0 Å². The molecule has 0 fully saturated rings. The molecule has 1 amide bonds. The number of rotatable bonds is 7. The fourth-order valence-corrected chi connectivity index (χ4v) is 2.84. The molecule has 0 saturated carbocycles. The quantitative estimate of drug-likeness (QED) is 0.666. The number of phenols is 1. The number of carbonyl (C=O) groups is 1. The van der Waals surface area contributed by atoms with Crippen LogP contribution in [-0.2, 0) is 11.3 Å². The van der Waals surface area contributed by atoms with Crippen molar-refractivity contribution < 1.29 is 19.4 Å². The van der Waals surface area contributed by atoms with E-state index < -0.39 is 0 Å². The van der Waals surface area contributed by atoms with Gasteiger partial charge in [0, 0.05) is 11.3 Å². The van der Waals surface area contributed by atoms with Crippen LogP contribution in [0.1, 0.15) is 11.1 Å². The van der Waals surface area contributed by atoms with E-state index in [-0.39, 0.29) is 24.8 Å². The molecule has 0 aromatic heterocycles. The molecule has 3 aromatic carbocycles. The van der Waals surface area contributed by atoms with E-state index in [9.17, 15) is 9.90 Å². The highest BCUT2D eigenvalue weighted by Gasteiger charge is 2.19. The Balaban J connectivity index is 1.83. The number of nitrogens with zero attached hydrogens (tertiary/aromatic N) is 1. The first-order chi connectivity index (χ1) is 13.6. The fourth-order valence-electron chi connectivity index (χ4n) is 2.84. The van der Waals surface area contributed by atoms with E-state index in [2.05, 4.69) is 0 Å². The van der Waals surface area contributed by atoms with Gasteiger partial charge in [0.15, 0.2) is 6.61 Å². The van der Waals surface area contributed by atoms with Crippen LogP contribution in [0, 0.1) is 6.92 Å². The number of benzene rings is 3. The molecule has 0 aliphatic heterocycles. The zero-order valence-electron chi connectivity index (χ0n) is 16.0. The molecule has 1 N–H and O–H groups in total. The van der Waals surface area contributed by atoms with E-state index >= 15 is 0 Å². The van der Waals surface area contributed by atoms with Crippen molar-refractivity contribution in [3.8, 4) is 17.2 Å². The molecular weight excluding hydrogens is 354 g/mol. The Hall–Kier alpha value is -3.47. The maximum Gasteiger partial charge on any atom is 0.265 e. The zero-order chi connectivity index (χ0) is 19.9. The second-order valence-electron chi connectivity index (χ2n) is 6.36. The molecule has 0 saturated heterocycles. The molecular formula is C23H23NO4. The van der Waals surface area contributed by atoms with E-state index in [4.69, 9.17) is 9.47 Å². The summed E-state index contributed by atoms with van der Waals surface area (Å²) >= 11 is 0. The van der Waals surface area contributed by atoms with Crippen molar-refractivity contribution >= 4 is 11.6 Å². The van der Waals surface area contributed by atoms with E-state index in [1.165, 1.54) is 0 Å². The molecule has 0 aliphatic rings. The summed E-state index contributed by atoms with van der Waals surface area (Å²) in [6.45, 7) is 2.06. The molecule has 28 heavy (non-hydrogen) atoms. The first-order valence-corrected chi connectivity index (χ1v) is 8.98. The van der Waals surface area contributed by atoms with Gasteiger partial charge in [-0.3, -0.25) is 4.79 Å². The predicted octanol–water partition coefficient (Wildman–Crippen LogP) is 4.32. The molecule has 0 radical (unpaired) electrons. The zero-order valence-corrected chi connectivity index (χ0v) is 16.0. The number of phenolic OH excluding ortho intramolecular Hbond substituents is 1. The number of methoxy groups -OCH3 is 1. The third kappa shape index (κ3) is 4.62.